The molecule has 0 amide bonds. The van der Waals surface area contributed by atoms with Gasteiger partial charge < -0.3 is 0 Å². The second-order valence-electron chi connectivity index (χ2n) is 3.42. The molecule has 2 aromatic rings. The van der Waals surface area contributed by atoms with E-state index in [4.69, 9.17) is 23.2 Å². The molecule has 0 aliphatic rings. The summed E-state index contributed by atoms with van der Waals surface area (Å²) < 4.78 is 12.9. The molecule has 0 N–H and O–H groups in total. The zero-order valence-electron chi connectivity index (χ0n) is 8.29. The molecule has 1 heterocycles. The van der Waals surface area contributed by atoms with Gasteiger partial charge in [-0.15, -0.1) is 22.9 Å². The maximum Gasteiger partial charge on any atom is 0.124 e. The van der Waals surface area contributed by atoms with Gasteiger partial charge in [0.05, 0.1) is 5.38 Å². The van der Waals surface area contributed by atoms with Gasteiger partial charge in [-0.3, -0.25) is 0 Å². The van der Waals surface area contributed by atoms with Crippen molar-refractivity contribution in [3.8, 4) is 0 Å². The Morgan fingerprint density at radius 2 is 2.12 bits per heavy atom. The monoisotopic (exact) mass is 274 g/mol. The predicted octanol–water partition coefficient (Wildman–Crippen LogP) is 5.06. The van der Waals surface area contributed by atoms with Crippen LogP contribution >= 0.6 is 34.5 Å². The summed E-state index contributed by atoms with van der Waals surface area (Å²) in [7, 11) is 0. The SMILES string of the molecule is Fc1ccc(C(Cl)Cc2cccs2)c(Cl)c1. The van der Waals surface area contributed by atoms with Crippen LogP contribution < -0.4 is 0 Å². The number of halogens is 3. The minimum absolute atomic E-state index is 0.216. The van der Waals surface area contributed by atoms with E-state index in [0.717, 1.165) is 5.56 Å². The molecule has 1 aromatic heterocycles. The van der Waals surface area contributed by atoms with Crippen molar-refractivity contribution in [3.63, 3.8) is 0 Å². The van der Waals surface area contributed by atoms with Gasteiger partial charge in [0, 0.05) is 16.3 Å². The van der Waals surface area contributed by atoms with Crippen molar-refractivity contribution < 1.29 is 4.39 Å². The lowest BCUT2D eigenvalue weighted by Gasteiger charge is -2.10. The van der Waals surface area contributed by atoms with E-state index >= 15 is 0 Å². The molecule has 4 heteroatoms. The predicted molar refractivity (Wildman–Crippen MR) is 68.0 cm³/mol. The van der Waals surface area contributed by atoms with Gasteiger partial charge in [0.15, 0.2) is 0 Å². The van der Waals surface area contributed by atoms with Crippen molar-refractivity contribution in [3.05, 3.63) is 57.0 Å². The van der Waals surface area contributed by atoms with Crippen LogP contribution in [0.4, 0.5) is 4.39 Å². The van der Waals surface area contributed by atoms with Gasteiger partial charge >= 0.3 is 0 Å². The number of hydrogen-bond donors (Lipinski definition) is 0. The summed E-state index contributed by atoms with van der Waals surface area (Å²) in [6.07, 6.45) is 0.713. The van der Waals surface area contributed by atoms with Gasteiger partial charge in [-0.2, -0.15) is 0 Å². The minimum atomic E-state index is -0.339. The van der Waals surface area contributed by atoms with Crippen LogP contribution in [0.25, 0.3) is 0 Å². The van der Waals surface area contributed by atoms with Crippen LogP contribution in [-0.4, -0.2) is 0 Å². The molecule has 0 aliphatic heterocycles. The molecule has 0 nitrogen and oxygen atoms in total. The molecular weight excluding hydrogens is 266 g/mol. The van der Waals surface area contributed by atoms with Crippen LogP contribution in [-0.2, 0) is 6.42 Å². The maximum absolute atomic E-state index is 12.9. The zero-order valence-corrected chi connectivity index (χ0v) is 10.6. The summed E-state index contributed by atoms with van der Waals surface area (Å²) in [5.74, 6) is -0.339. The van der Waals surface area contributed by atoms with Crippen LogP contribution in [0.2, 0.25) is 5.02 Å². The summed E-state index contributed by atoms with van der Waals surface area (Å²) in [6.45, 7) is 0. The molecule has 0 saturated carbocycles. The van der Waals surface area contributed by atoms with Gasteiger partial charge in [0.25, 0.3) is 0 Å². The number of rotatable bonds is 3. The van der Waals surface area contributed by atoms with E-state index in [-0.39, 0.29) is 11.2 Å². The second-order valence-corrected chi connectivity index (χ2v) is 5.38. The molecule has 1 aromatic carbocycles. The first kappa shape index (κ1) is 11.9. The average Bonchev–Trinajstić information content (AvgIpc) is 2.70. The first-order valence-electron chi connectivity index (χ1n) is 4.78. The Morgan fingerprint density at radius 1 is 1.31 bits per heavy atom. The molecule has 84 valence electrons. The third kappa shape index (κ3) is 2.76. The Bertz CT molecular complexity index is 468. The Balaban J connectivity index is 2.17. The van der Waals surface area contributed by atoms with E-state index in [9.17, 15) is 4.39 Å². The van der Waals surface area contributed by atoms with Crippen LogP contribution in [0, 0.1) is 5.82 Å². The summed E-state index contributed by atoms with van der Waals surface area (Å²) in [6, 6.07) is 8.32. The van der Waals surface area contributed by atoms with E-state index in [2.05, 4.69) is 0 Å². The third-order valence-electron chi connectivity index (χ3n) is 2.26. The number of thiophene rings is 1. The summed E-state index contributed by atoms with van der Waals surface area (Å²) in [4.78, 5) is 1.19. The van der Waals surface area contributed by atoms with E-state index in [0.29, 0.717) is 11.4 Å². The summed E-state index contributed by atoms with van der Waals surface area (Å²) >= 11 is 13.9. The Hall–Kier alpha value is -0.570. The van der Waals surface area contributed by atoms with Gasteiger partial charge in [0.2, 0.25) is 0 Å². The molecule has 0 spiro atoms. The lowest BCUT2D eigenvalue weighted by atomic mass is 10.1. The fraction of sp³-hybridized carbons (Fsp3) is 0.167. The highest BCUT2D eigenvalue weighted by Crippen LogP contribution is 2.32. The number of hydrogen-bond acceptors (Lipinski definition) is 1. The van der Waals surface area contributed by atoms with Crippen molar-refractivity contribution in [1.82, 2.24) is 0 Å². The van der Waals surface area contributed by atoms with Gasteiger partial charge in [-0.1, -0.05) is 23.7 Å². The molecule has 16 heavy (non-hydrogen) atoms. The Kier molecular flexibility index (Phi) is 3.85. The molecular formula is C12H9Cl2FS. The Morgan fingerprint density at radius 3 is 2.75 bits per heavy atom. The molecule has 0 radical (unpaired) electrons. The fourth-order valence-electron chi connectivity index (χ4n) is 1.47. The third-order valence-corrected chi connectivity index (χ3v) is 3.88. The fourth-order valence-corrected chi connectivity index (χ4v) is 3.03. The molecule has 0 bridgehead atoms. The van der Waals surface area contributed by atoms with E-state index in [1.165, 1.54) is 17.0 Å². The van der Waals surface area contributed by atoms with Crippen LogP contribution in [0.5, 0.6) is 0 Å². The topological polar surface area (TPSA) is 0 Å². The summed E-state index contributed by atoms with van der Waals surface area (Å²) in [5.41, 5.74) is 0.776. The smallest absolute Gasteiger partial charge is 0.124 e. The van der Waals surface area contributed by atoms with Crippen LogP contribution in [0.1, 0.15) is 15.8 Å². The highest BCUT2D eigenvalue weighted by Gasteiger charge is 2.13. The van der Waals surface area contributed by atoms with Crippen LogP contribution in [0.15, 0.2) is 35.7 Å². The first-order chi connectivity index (χ1) is 7.66. The molecule has 1 unspecified atom stereocenters. The molecule has 2 rings (SSSR count). The quantitative estimate of drug-likeness (QED) is 0.686. The standard InChI is InChI=1S/C12H9Cl2FS/c13-11-6-8(15)3-4-10(11)12(14)7-9-2-1-5-16-9/h1-6,12H,7H2. The van der Waals surface area contributed by atoms with Gasteiger partial charge in [-0.25, -0.2) is 4.39 Å². The Labute approximate surface area is 108 Å². The normalized spacial score (nSPS) is 12.7. The molecule has 0 aliphatic carbocycles. The maximum atomic E-state index is 12.9. The van der Waals surface area contributed by atoms with Crippen molar-refractivity contribution in [2.75, 3.05) is 0 Å². The van der Waals surface area contributed by atoms with Crippen molar-refractivity contribution in [2.45, 2.75) is 11.8 Å². The first-order valence-corrected chi connectivity index (χ1v) is 6.47. The van der Waals surface area contributed by atoms with E-state index in [1.807, 2.05) is 17.5 Å². The zero-order chi connectivity index (χ0) is 11.5. The molecule has 1 atom stereocenters. The lowest BCUT2D eigenvalue weighted by Crippen LogP contribution is -1.95. The highest BCUT2D eigenvalue weighted by atomic mass is 35.5. The number of alkyl halides is 1. The van der Waals surface area contributed by atoms with E-state index in [1.54, 1.807) is 17.4 Å². The van der Waals surface area contributed by atoms with Crippen molar-refractivity contribution >= 4 is 34.5 Å². The second kappa shape index (κ2) is 5.17. The molecule has 0 saturated heterocycles. The lowest BCUT2D eigenvalue weighted by molar-refractivity contribution is 0.627. The summed E-state index contributed by atoms with van der Waals surface area (Å²) in [5, 5.41) is 2.17. The molecule has 0 fully saturated rings. The minimum Gasteiger partial charge on any atom is -0.207 e. The average molecular weight is 275 g/mol. The highest BCUT2D eigenvalue weighted by molar-refractivity contribution is 7.09. The largest absolute Gasteiger partial charge is 0.207 e. The van der Waals surface area contributed by atoms with Gasteiger partial charge in [-0.05, 0) is 29.1 Å². The van der Waals surface area contributed by atoms with Crippen molar-refractivity contribution in [1.29, 1.82) is 0 Å². The van der Waals surface area contributed by atoms with Crippen LogP contribution in [0.3, 0.4) is 0 Å². The van der Waals surface area contributed by atoms with E-state index < -0.39 is 0 Å². The van der Waals surface area contributed by atoms with Gasteiger partial charge in [0.1, 0.15) is 5.82 Å². The van der Waals surface area contributed by atoms with Crippen molar-refractivity contribution in [2.24, 2.45) is 0 Å². The number of benzene rings is 1.